The third kappa shape index (κ3) is 6.54. The van der Waals surface area contributed by atoms with Crippen LogP contribution in [-0.4, -0.2) is 41.1 Å². The van der Waals surface area contributed by atoms with E-state index < -0.39 is 12.0 Å². The van der Waals surface area contributed by atoms with Crippen molar-refractivity contribution in [2.24, 2.45) is 23.2 Å². The Morgan fingerprint density at radius 3 is 2.30 bits per heavy atom. The van der Waals surface area contributed by atoms with Gasteiger partial charge in [-0.2, -0.15) is 0 Å². The van der Waals surface area contributed by atoms with Gasteiger partial charge in [0, 0.05) is 30.0 Å². The van der Waals surface area contributed by atoms with Gasteiger partial charge in [0.25, 0.3) is 0 Å². The minimum Gasteiger partial charge on any atom is -0.496 e. The first-order chi connectivity index (χ1) is 19.0. The van der Waals surface area contributed by atoms with Gasteiger partial charge in [0.05, 0.1) is 13.2 Å². The lowest BCUT2D eigenvalue weighted by atomic mass is 9.72. The standard InChI is InChI=1S/C34H48N2O4/c1-22(2)19-23-17-18-27(40-6)26(20-23)21-35-29-28(34(3,4)5)31(33(38)39)36(30(29)24-13-9-7-10-14-24)32(37)25-15-11-8-12-16-25/h7,9-10,13-14,17-18,20,22,25,28-31,35H,8,11-12,15-16,19,21H2,1-6H3,(H,38,39)/t28-,29-,30-,31-/m0/s1. The summed E-state index contributed by atoms with van der Waals surface area (Å²) in [7, 11) is 1.69. The van der Waals surface area contributed by atoms with Crippen molar-refractivity contribution in [3.8, 4) is 5.75 Å². The number of likely N-dealkylation sites (tertiary alicyclic amines) is 1. The molecular formula is C34H48N2O4. The van der Waals surface area contributed by atoms with Gasteiger partial charge in [-0.25, -0.2) is 4.79 Å². The van der Waals surface area contributed by atoms with Gasteiger partial charge < -0.3 is 20.1 Å². The van der Waals surface area contributed by atoms with E-state index in [4.69, 9.17) is 4.74 Å². The van der Waals surface area contributed by atoms with E-state index in [1.165, 1.54) is 5.56 Å². The molecule has 4 atom stereocenters. The van der Waals surface area contributed by atoms with Crippen molar-refractivity contribution in [3.63, 3.8) is 0 Å². The van der Waals surface area contributed by atoms with Crippen molar-refractivity contribution in [3.05, 3.63) is 65.2 Å². The largest absolute Gasteiger partial charge is 0.496 e. The highest BCUT2D eigenvalue weighted by Crippen LogP contribution is 2.49. The lowest BCUT2D eigenvalue weighted by Crippen LogP contribution is -2.49. The van der Waals surface area contributed by atoms with Crippen LogP contribution in [0.5, 0.6) is 5.75 Å². The number of amides is 1. The normalized spacial score (nSPS) is 23.9. The first-order valence-electron chi connectivity index (χ1n) is 15.0. The number of benzene rings is 2. The van der Waals surface area contributed by atoms with Crippen LogP contribution in [0.1, 0.15) is 89.5 Å². The Bertz CT molecular complexity index is 1150. The van der Waals surface area contributed by atoms with E-state index in [-0.39, 0.29) is 35.2 Å². The Balaban J connectivity index is 1.78. The second-order valence-electron chi connectivity index (χ2n) is 13.3. The van der Waals surface area contributed by atoms with E-state index in [1.807, 2.05) is 36.4 Å². The van der Waals surface area contributed by atoms with Crippen LogP contribution in [-0.2, 0) is 22.6 Å². The van der Waals surface area contributed by atoms with Crippen LogP contribution in [0.15, 0.2) is 48.5 Å². The Hall–Kier alpha value is -2.86. The molecular weight excluding hydrogens is 500 g/mol. The SMILES string of the molecule is COc1ccc(CC(C)C)cc1CN[C@H]1[C@H](C(C)(C)C)[C@@H](C(=O)O)N(C(=O)C2CCCCC2)[C@H]1c1ccccc1. The predicted octanol–water partition coefficient (Wildman–Crippen LogP) is 6.63. The summed E-state index contributed by atoms with van der Waals surface area (Å²) in [6.07, 6.45) is 5.83. The molecule has 1 aliphatic heterocycles. The van der Waals surface area contributed by atoms with Gasteiger partial charge in [0.15, 0.2) is 0 Å². The molecule has 6 heteroatoms. The molecule has 1 saturated heterocycles. The van der Waals surface area contributed by atoms with E-state index in [1.54, 1.807) is 12.0 Å². The Morgan fingerprint density at radius 1 is 1.05 bits per heavy atom. The lowest BCUT2D eigenvalue weighted by molar-refractivity contribution is -0.154. The summed E-state index contributed by atoms with van der Waals surface area (Å²) >= 11 is 0. The molecule has 40 heavy (non-hydrogen) atoms. The maximum atomic E-state index is 14.3. The molecule has 0 unspecified atom stereocenters. The zero-order valence-electron chi connectivity index (χ0n) is 25.2. The smallest absolute Gasteiger partial charge is 0.326 e. The molecule has 1 heterocycles. The van der Waals surface area contributed by atoms with Gasteiger partial charge in [0.1, 0.15) is 11.8 Å². The number of ether oxygens (including phenoxy) is 1. The van der Waals surface area contributed by atoms with Gasteiger partial charge in [-0.15, -0.1) is 0 Å². The van der Waals surface area contributed by atoms with E-state index in [0.717, 1.165) is 55.4 Å². The van der Waals surface area contributed by atoms with E-state index in [2.05, 4.69) is 52.1 Å². The van der Waals surface area contributed by atoms with Gasteiger partial charge in [0.2, 0.25) is 5.91 Å². The monoisotopic (exact) mass is 548 g/mol. The predicted molar refractivity (Wildman–Crippen MR) is 159 cm³/mol. The van der Waals surface area contributed by atoms with Crippen LogP contribution in [0.25, 0.3) is 0 Å². The number of carbonyl (C=O) groups is 2. The van der Waals surface area contributed by atoms with Crippen LogP contribution in [0, 0.1) is 23.2 Å². The molecule has 218 valence electrons. The van der Waals surface area contributed by atoms with E-state index >= 15 is 0 Å². The molecule has 2 aliphatic rings. The van der Waals surface area contributed by atoms with E-state index in [9.17, 15) is 14.7 Å². The third-order valence-electron chi connectivity index (χ3n) is 8.79. The number of nitrogens with zero attached hydrogens (tertiary/aromatic N) is 1. The first-order valence-corrected chi connectivity index (χ1v) is 15.0. The zero-order chi connectivity index (χ0) is 29.0. The number of carboxylic acids is 1. The maximum absolute atomic E-state index is 14.3. The summed E-state index contributed by atoms with van der Waals surface area (Å²) in [5.74, 6) is 0.00219. The summed E-state index contributed by atoms with van der Waals surface area (Å²) < 4.78 is 5.73. The average Bonchev–Trinajstić information content (AvgIpc) is 3.28. The minimum atomic E-state index is -0.925. The average molecular weight is 549 g/mol. The number of methoxy groups -OCH3 is 1. The molecule has 2 aromatic carbocycles. The fourth-order valence-corrected chi connectivity index (χ4v) is 7.08. The molecule has 2 aromatic rings. The number of nitrogens with one attached hydrogen (secondary N) is 1. The van der Waals surface area contributed by atoms with E-state index in [0.29, 0.717) is 12.5 Å². The quantitative estimate of drug-likeness (QED) is 0.368. The summed E-state index contributed by atoms with van der Waals surface area (Å²) in [6.45, 7) is 11.2. The third-order valence-corrected chi connectivity index (χ3v) is 8.79. The molecule has 6 nitrogen and oxygen atoms in total. The molecule has 0 bridgehead atoms. The summed E-state index contributed by atoms with van der Waals surface area (Å²) in [6, 6.07) is 14.8. The fraction of sp³-hybridized carbons (Fsp3) is 0.588. The molecule has 0 radical (unpaired) electrons. The summed E-state index contributed by atoms with van der Waals surface area (Å²) in [5, 5.41) is 14.5. The van der Waals surface area contributed by atoms with Crippen LogP contribution in [0.4, 0.5) is 0 Å². The number of hydrogen-bond donors (Lipinski definition) is 2. The van der Waals surface area contributed by atoms with Crippen molar-refractivity contribution in [2.75, 3.05) is 7.11 Å². The summed E-state index contributed by atoms with van der Waals surface area (Å²) in [5.41, 5.74) is 2.91. The number of rotatable bonds is 9. The van der Waals surface area contributed by atoms with Crippen molar-refractivity contribution in [2.45, 2.75) is 97.8 Å². The number of hydrogen-bond acceptors (Lipinski definition) is 4. The molecule has 0 aromatic heterocycles. The molecule has 1 amide bonds. The Morgan fingerprint density at radius 2 is 1.73 bits per heavy atom. The van der Waals surface area contributed by atoms with Gasteiger partial charge >= 0.3 is 5.97 Å². The van der Waals surface area contributed by atoms with Crippen LogP contribution < -0.4 is 10.1 Å². The molecule has 1 saturated carbocycles. The lowest BCUT2D eigenvalue weighted by Gasteiger charge is -2.36. The second-order valence-corrected chi connectivity index (χ2v) is 13.3. The summed E-state index contributed by atoms with van der Waals surface area (Å²) in [4.78, 5) is 29.1. The molecule has 2 fully saturated rings. The zero-order valence-corrected chi connectivity index (χ0v) is 25.2. The number of carbonyl (C=O) groups excluding carboxylic acids is 1. The van der Waals surface area contributed by atoms with Crippen molar-refractivity contribution in [1.82, 2.24) is 10.2 Å². The second kappa shape index (κ2) is 12.8. The highest BCUT2D eigenvalue weighted by molar-refractivity contribution is 5.87. The molecule has 1 aliphatic carbocycles. The highest BCUT2D eigenvalue weighted by atomic mass is 16.5. The molecule has 4 rings (SSSR count). The highest BCUT2D eigenvalue weighted by Gasteiger charge is 2.58. The van der Waals surface area contributed by atoms with Crippen molar-refractivity contribution >= 4 is 11.9 Å². The van der Waals surface area contributed by atoms with Gasteiger partial charge in [-0.3, -0.25) is 4.79 Å². The Labute approximate surface area is 240 Å². The van der Waals surface area contributed by atoms with Crippen molar-refractivity contribution in [1.29, 1.82) is 0 Å². The van der Waals surface area contributed by atoms with Gasteiger partial charge in [-0.1, -0.05) is 96.3 Å². The molecule has 0 spiro atoms. The Kier molecular flexibility index (Phi) is 9.60. The van der Waals surface area contributed by atoms with Crippen molar-refractivity contribution < 1.29 is 19.4 Å². The maximum Gasteiger partial charge on any atom is 0.326 e. The minimum absolute atomic E-state index is 0.00369. The van der Waals surface area contributed by atoms with Crippen LogP contribution >= 0.6 is 0 Å². The molecule has 2 N–H and O–H groups in total. The fourth-order valence-electron chi connectivity index (χ4n) is 7.08. The first kappa shape index (κ1) is 30.1. The van der Waals surface area contributed by atoms with Crippen LogP contribution in [0.3, 0.4) is 0 Å². The van der Waals surface area contributed by atoms with Crippen LogP contribution in [0.2, 0.25) is 0 Å². The van der Waals surface area contributed by atoms with Gasteiger partial charge in [-0.05, 0) is 47.8 Å². The topological polar surface area (TPSA) is 78.9 Å². The number of aliphatic carboxylic acids is 1. The number of carboxylic acid groups (broad SMARTS) is 1.